The van der Waals surface area contributed by atoms with E-state index in [0.29, 0.717) is 0 Å². The second-order valence-corrected chi connectivity index (χ2v) is 23.9. The number of alkyl halides is 9. The van der Waals surface area contributed by atoms with Crippen molar-refractivity contribution in [1.82, 2.24) is 0 Å². The first-order valence-corrected chi connectivity index (χ1v) is 11.7. The topological polar surface area (TPSA) is 0 Å². The summed E-state index contributed by atoms with van der Waals surface area (Å²) in [4.78, 5) is 0. The zero-order valence-corrected chi connectivity index (χ0v) is 23.1. The van der Waals surface area contributed by atoms with Gasteiger partial charge >= 0.3 is 0 Å². The largest absolute Gasteiger partial charge is 0.150 e. The molecule has 0 heterocycles. The lowest BCUT2D eigenvalue weighted by Gasteiger charge is -2.51. The van der Waals surface area contributed by atoms with E-state index in [4.69, 9.17) is 0 Å². The molecule has 0 saturated heterocycles. The van der Waals surface area contributed by atoms with E-state index in [1.165, 1.54) is 0 Å². The van der Waals surface area contributed by atoms with Gasteiger partial charge in [-0.3, -0.25) is 0 Å². The van der Waals surface area contributed by atoms with Crippen molar-refractivity contribution >= 4 is 143 Å². The van der Waals surface area contributed by atoms with Crippen molar-refractivity contribution in [3.8, 4) is 0 Å². The van der Waals surface area contributed by atoms with Crippen molar-refractivity contribution in [1.29, 1.82) is 0 Å². The number of rotatable bonds is 1. The fraction of sp³-hybridized carbons (Fsp3) is 0.400. The highest BCUT2D eigenvalue weighted by Crippen LogP contribution is 2.72. The molecule has 1 aromatic carbocycles. The Morgan fingerprint density at radius 1 is 0.526 bits per heavy atom. The van der Waals surface area contributed by atoms with Crippen LogP contribution < -0.4 is 0 Å². The zero-order chi connectivity index (χ0) is 15.1. The van der Waals surface area contributed by atoms with Crippen LogP contribution in [0.3, 0.4) is 0 Å². The first-order chi connectivity index (χ1) is 8.36. The summed E-state index contributed by atoms with van der Waals surface area (Å²) >= 11 is 33.0. The van der Waals surface area contributed by atoms with Crippen molar-refractivity contribution < 1.29 is 0 Å². The molecular formula is C10H5Br9. The van der Waals surface area contributed by atoms with Crippen LogP contribution in [0.25, 0.3) is 0 Å². The molecule has 1 aromatic rings. The Hall–Kier alpha value is 3.54. The van der Waals surface area contributed by atoms with Crippen molar-refractivity contribution in [2.45, 2.75) is 11.8 Å². The smallest absolute Gasteiger partial charge is 0.0622 e. The zero-order valence-electron chi connectivity index (χ0n) is 8.79. The monoisotopic (exact) mass is 835 g/mol. The van der Waals surface area contributed by atoms with Gasteiger partial charge in [0, 0.05) is 0 Å². The number of benzene rings is 1. The normalized spacial score (nSPS) is 14.6. The van der Waals surface area contributed by atoms with Crippen molar-refractivity contribution in [3.63, 3.8) is 0 Å². The Morgan fingerprint density at radius 2 is 0.842 bits per heavy atom. The molecule has 0 radical (unpaired) electrons. The molecule has 0 saturated carbocycles. The summed E-state index contributed by atoms with van der Waals surface area (Å²) in [6.45, 7) is 0. The van der Waals surface area contributed by atoms with Gasteiger partial charge < -0.3 is 0 Å². The van der Waals surface area contributed by atoms with Crippen molar-refractivity contribution in [3.05, 3.63) is 35.9 Å². The first-order valence-electron chi connectivity index (χ1n) is 4.61. The Bertz CT molecular complexity index is 387. The van der Waals surface area contributed by atoms with Gasteiger partial charge in [-0.05, 0) is 5.56 Å². The highest BCUT2D eigenvalue weighted by atomic mass is 80.0. The second-order valence-electron chi connectivity index (χ2n) is 3.61. The standard InChI is InChI=1S/C10H5Br9/c11-8(12,13)7(9(14,15)16,10(17,18)19)6-4-2-1-3-5-6/h1-5H. The summed E-state index contributed by atoms with van der Waals surface area (Å²) in [5, 5.41) is 0. The molecule has 9 heteroatoms. The number of hydrogen-bond acceptors (Lipinski definition) is 0. The third-order valence-electron chi connectivity index (χ3n) is 2.48. The van der Waals surface area contributed by atoms with Crippen LogP contribution >= 0.6 is 143 Å². The predicted octanol–water partition coefficient (Wildman–Crippen LogP) is 8.44. The van der Waals surface area contributed by atoms with E-state index in [9.17, 15) is 0 Å². The van der Waals surface area contributed by atoms with Gasteiger partial charge in [0.15, 0.2) is 6.43 Å². The molecule has 19 heavy (non-hydrogen) atoms. The molecule has 0 amide bonds. The second kappa shape index (κ2) is 7.19. The van der Waals surface area contributed by atoms with E-state index in [0.717, 1.165) is 5.56 Å². The molecule has 0 spiro atoms. The molecule has 0 fully saturated rings. The quantitative estimate of drug-likeness (QED) is 0.249. The number of halogens is 9. The molecule has 0 aliphatic rings. The van der Waals surface area contributed by atoms with Crippen LogP contribution in [0.4, 0.5) is 0 Å². The highest BCUT2D eigenvalue weighted by molar-refractivity contribution is 9.42. The van der Waals surface area contributed by atoms with Gasteiger partial charge in [0.05, 0.1) is 0 Å². The molecule has 108 valence electrons. The van der Waals surface area contributed by atoms with Crippen molar-refractivity contribution in [2.24, 2.45) is 0 Å². The van der Waals surface area contributed by atoms with Crippen LogP contribution in [-0.2, 0) is 5.41 Å². The van der Waals surface area contributed by atoms with Crippen LogP contribution in [-0.4, -0.2) is 6.43 Å². The Labute approximate surface area is 188 Å². The minimum Gasteiger partial charge on any atom is -0.0622 e. The van der Waals surface area contributed by atoms with Crippen LogP contribution in [0.1, 0.15) is 5.56 Å². The molecule has 0 aliphatic carbocycles. The van der Waals surface area contributed by atoms with E-state index in [1.807, 2.05) is 30.3 Å². The summed E-state index contributed by atoms with van der Waals surface area (Å²) < 4.78 is -1.98. The highest BCUT2D eigenvalue weighted by Gasteiger charge is 2.68. The Morgan fingerprint density at radius 3 is 1.11 bits per heavy atom. The molecule has 0 N–H and O–H groups in total. The van der Waals surface area contributed by atoms with E-state index in [-0.39, 0.29) is 0 Å². The van der Waals surface area contributed by atoms with E-state index in [2.05, 4.69) is 143 Å². The third-order valence-corrected chi connectivity index (χ3v) is 7.84. The summed E-state index contributed by atoms with van der Waals surface area (Å²) in [5.41, 5.74) is 0.394. The van der Waals surface area contributed by atoms with Gasteiger partial charge in [-0.1, -0.05) is 174 Å². The molecule has 0 unspecified atom stereocenters. The molecular weight excluding hydrogens is 839 g/mol. The van der Waals surface area contributed by atoms with Gasteiger partial charge in [0.25, 0.3) is 0 Å². The summed E-state index contributed by atoms with van der Waals surface area (Å²) in [7, 11) is 0. The fourth-order valence-electron chi connectivity index (χ4n) is 1.66. The maximum atomic E-state index is 3.66. The minimum atomic E-state index is -0.658. The molecule has 0 aliphatic heterocycles. The van der Waals surface area contributed by atoms with Gasteiger partial charge in [-0.2, -0.15) is 0 Å². The molecule has 1 rings (SSSR count). The van der Waals surface area contributed by atoms with E-state index in [1.54, 1.807) is 0 Å². The Kier molecular flexibility index (Phi) is 7.79. The fourth-order valence-corrected chi connectivity index (χ4v) is 16.3. The van der Waals surface area contributed by atoms with Gasteiger partial charge in [-0.15, -0.1) is 0 Å². The average Bonchev–Trinajstić information content (AvgIpc) is 2.12. The maximum Gasteiger partial charge on any atom is 0.150 e. The molecule has 0 aromatic heterocycles. The SMILES string of the molecule is BrC(Br)(Br)C(c1ccccc1)(C(Br)(Br)Br)C(Br)(Br)Br. The van der Waals surface area contributed by atoms with Crippen LogP contribution in [0.2, 0.25) is 0 Å². The van der Waals surface area contributed by atoms with Crippen LogP contribution in [0.15, 0.2) is 30.3 Å². The molecule has 0 atom stereocenters. The summed E-state index contributed by atoms with van der Waals surface area (Å²) in [6.07, 6.45) is 0. The summed E-state index contributed by atoms with van der Waals surface area (Å²) in [5.74, 6) is 0. The van der Waals surface area contributed by atoms with E-state index >= 15 is 0 Å². The lowest BCUT2D eigenvalue weighted by Crippen LogP contribution is -2.57. The Balaban J connectivity index is 3.76. The predicted molar refractivity (Wildman–Crippen MR) is 117 cm³/mol. The molecule has 0 bridgehead atoms. The van der Waals surface area contributed by atoms with E-state index < -0.39 is 11.8 Å². The van der Waals surface area contributed by atoms with Crippen LogP contribution in [0.5, 0.6) is 0 Å². The van der Waals surface area contributed by atoms with Crippen molar-refractivity contribution in [2.75, 3.05) is 0 Å². The lowest BCUT2D eigenvalue weighted by molar-refractivity contribution is 0.537. The van der Waals surface area contributed by atoms with Gasteiger partial charge in [0.1, 0.15) is 5.41 Å². The first kappa shape index (κ1) is 20.6. The van der Waals surface area contributed by atoms with Crippen LogP contribution in [0, 0.1) is 0 Å². The van der Waals surface area contributed by atoms with Gasteiger partial charge in [-0.25, -0.2) is 0 Å². The molecule has 0 nitrogen and oxygen atoms in total. The lowest BCUT2D eigenvalue weighted by atomic mass is 9.86. The maximum absolute atomic E-state index is 3.66. The average molecular weight is 844 g/mol. The summed E-state index contributed by atoms with van der Waals surface area (Å²) in [6, 6.07) is 10.0. The third kappa shape index (κ3) is 4.15. The van der Waals surface area contributed by atoms with Gasteiger partial charge in [0.2, 0.25) is 0 Å². The minimum absolute atomic E-state index is 0.645. The number of hydrogen-bond donors (Lipinski definition) is 0.